The van der Waals surface area contributed by atoms with Crippen LogP contribution < -0.4 is 4.31 Å². The first kappa shape index (κ1) is 19.5. The minimum absolute atomic E-state index is 0.0679. The van der Waals surface area contributed by atoms with Gasteiger partial charge in [0.25, 0.3) is 0 Å². The summed E-state index contributed by atoms with van der Waals surface area (Å²) in [6.45, 7) is 0.178. The zero-order chi connectivity index (χ0) is 21.0. The first-order chi connectivity index (χ1) is 13.6. The maximum Gasteiger partial charge on any atom is 0.419 e. The molecule has 7 nitrogen and oxygen atoms in total. The van der Waals surface area contributed by atoms with Crippen molar-refractivity contribution in [2.24, 2.45) is 0 Å². The number of benzene rings is 1. The van der Waals surface area contributed by atoms with E-state index in [0.717, 1.165) is 4.31 Å². The summed E-state index contributed by atoms with van der Waals surface area (Å²) in [4.78, 5) is 9.98. The molecule has 1 aromatic carbocycles. The third-order valence-corrected chi connectivity index (χ3v) is 6.64. The van der Waals surface area contributed by atoms with E-state index >= 15 is 0 Å². The summed E-state index contributed by atoms with van der Waals surface area (Å²) in [6.07, 6.45) is -2.46. The number of sulfonamides is 1. The molecule has 0 bridgehead atoms. The molecular formula is C17H11ClF3N5O2S. The van der Waals surface area contributed by atoms with Crippen molar-refractivity contribution in [2.75, 3.05) is 16.6 Å². The van der Waals surface area contributed by atoms with Gasteiger partial charge >= 0.3 is 6.18 Å². The van der Waals surface area contributed by atoms with Gasteiger partial charge in [-0.3, -0.25) is 4.31 Å². The van der Waals surface area contributed by atoms with Crippen molar-refractivity contribution in [1.82, 2.24) is 15.0 Å². The molecule has 4 rings (SSSR count). The lowest BCUT2D eigenvalue weighted by Crippen LogP contribution is -2.26. The first-order valence-corrected chi connectivity index (χ1v) is 10.3. The normalized spacial score (nSPS) is 16.3. The molecule has 0 unspecified atom stereocenters. The molecule has 2 aromatic heterocycles. The molecule has 1 aliphatic heterocycles. The average molecular weight is 442 g/mol. The fraction of sp³-hybridized carbons (Fsp3) is 0.235. The molecule has 0 amide bonds. The number of nitriles is 1. The Morgan fingerprint density at radius 2 is 2.07 bits per heavy atom. The number of halogens is 4. The standard InChI is InChI=1S/C17H11ClF3N5O2S/c18-16-24-8-12(17(19,20)21)13(25-16)11-7-23-14-10(11)3-2-9(6-22)15(14)26-4-1-5-29(26,27)28/h2-3,7-8,23H,1,4-5H2. The van der Waals surface area contributed by atoms with E-state index in [4.69, 9.17) is 11.6 Å². The van der Waals surface area contributed by atoms with Gasteiger partial charge in [0.2, 0.25) is 15.3 Å². The van der Waals surface area contributed by atoms with Gasteiger partial charge in [0.15, 0.2) is 0 Å². The molecule has 0 aliphatic carbocycles. The number of nitrogens with one attached hydrogen (secondary N) is 1. The Balaban J connectivity index is 2.02. The minimum atomic E-state index is -4.72. The number of fused-ring (bicyclic) bond motifs is 1. The quantitative estimate of drug-likeness (QED) is 0.611. The van der Waals surface area contributed by atoms with E-state index in [1.54, 1.807) is 0 Å². The first-order valence-electron chi connectivity index (χ1n) is 8.28. The molecule has 3 aromatic rings. The van der Waals surface area contributed by atoms with E-state index in [1.165, 1.54) is 18.3 Å². The van der Waals surface area contributed by atoms with Crippen LogP contribution in [-0.4, -0.2) is 35.7 Å². The van der Waals surface area contributed by atoms with Gasteiger partial charge in [-0.2, -0.15) is 18.4 Å². The number of hydrogen-bond acceptors (Lipinski definition) is 5. The van der Waals surface area contributed by atoms with Crippen LogP contribution in [0.15, 0.2) is 24.5 Å². The lowest BCUT2D eigenvalue weighted by Gasteiger charge is -2.19. The summed E-state index contributed by atoms with van der Waals surface area (Å²) in [5.74, 6) is -0.0679. The Bertz CT molecular complexity index is 1280. The van der Waals surface area contributed by atoms with E-state index in [1.807, 2.05) is 6.07 Å². The zero-order valence-corrected chi connectivity index (χ0v) is 16.0. The Hall–Kier alpha value is -2.84. The van der Waals surface area contributed by atoms with E-state index in [-0.39, 0.29) is 45.3 Å². The third kappa shape index (κ3) is 3.18. The Labute approximate surface area is 167 Å². The van der Waals surface area contributed by atoms with Gasteiger partial charge in [0, 0.05) is 29.9 Å². The van der Waals surface area contributed by atoms with Crippen LogP contribution in [0.5, 0.6) is 0 Å². The largest absolute Gasteiger partial charge is 0.419 e. The summed E-state index contributed by atoms with van der Waals surface area (Å²) in [6, 6.07) is 4.76. The van der Waals surface area contributed by atoms with Crippen molar-refractivity contribution in [3.8, 4) is 17.3 Å². The molecule has 1 fully saturated rings. The van der Waals surface area contributed by atoms with Crippen molar-refractivity contribution in [3.63, 3.8) is 0 Å². The summed E-state index contributed by atoms with van der Waals surface area (Å²) in [5.41, 5.74) is -1.02. The molecule has 0 radical (unpaired) electrons. The summed E-state index contributed by atoms with van der Waals surface area (Å²) in [7, 11) is -3.62. The Kier molecular flexibility index (Phi) is 4.43. The summed E-state index contributed by atoms with van der Waals surface area (Å²) in [5, 5.41) is 9.36. The van der Waals surface area contributed by atoms with Gasteiger partial charge < -0.3 is 4.98 Å². The maximum atomic E-state index is 13.5. The molecule has 29 heavy (non-hydrogen) atoms. The van der Waals surface area contributed by atoms with Crippen LogP contribution in [0.3, 0.4) is 0 Å². The highest BCUT2D eigenvalue weighted by atomic mass is 35.5. The summed E-state index contributed by atoms with van der Waals surface area (Å²) < 4.78 is 66.3. The number of H-pyrrole nitrogens is 1. The number of anilines is 1. The third-order valence-electron chi connectivity index (χ3n) is 4.62. The van der Waals surface area contributed by atoms with E-state index in [2.05, 4.69) is 15.0 Å². The van der Waals surface area contributed by atoms with Gasteiger partial charge in [0.1, 0.15) is 11.6 Å². The van der Waals surface area contributed by atoms with Crippen LogP contribution >= 0.6 is 11.6 Å². The lowest BCUT2D eigenvalue weighted by atomic mass is 10.0. The van der Waals surface area contributed by atoms with Crippen molar-refractivity contribution >= 4 is 38.2 Å². The second kappa shape index (κ2) is 6.60. The number of aromatic nitrogens is 3. The molecule has 1 N–H and O–H groups in total. The van der Waals surface area contributed by atoms with Crippen LogP contribution in [-0.2, 0) is 16.2 Å². The SMILES string of the molecule is N#Cc1ccc2c(-c3nc(Cl)ncc3C(F)(F)F)c[nH]c2c1N1CCCS1(=O)=O. The Morgan fingerprint density at radius 3 is 2.69 bits per heavy atom. The predicted molar refractivity (Wildman–Crippen MR) is 99.8 cm³/mol. The van der Waals surface area contributed by atoms with Gasteiger partial charge in [-0.25, -0.2) is 18.4 Å². The lowest BCUT2D eigenvalue weighted by molar-refractivity contribution is -0.137. The molecule has 0 saturated carbocycles. The molecule has 150 valence electrons. The van der Waals surface area contributed by atoms with Crippen molar-refractivity contribution in [3.05, 3.63) is 40.9 Å². The van der Waals surface area contributed by atoms with Crippen LogP contribution in [0.1, 0.15) is 17.5 Å². The molecule has 1 aliphatic rings. The summed E-state index contributed by atoms with van der Waals surface area (Å²) >= 11 is 5.72. The second-order valence-electron chi connectivity index (χ2n) is 6.34. The fourth-order valence-electron chi connectivity index (χ4n) is 3.39. The molecule has 1 saturated heterocycles. The number of aromatic amines is 1. The fourth-order valence-corrected chi connectivity index (χ4v) is 5.12. The van der Waals surface area contributed by atoms with Crippen molar-refractivity contribution in [1.29, 1.82) is 5.26 Å². The molecule has 0 spiro atoms. The Morgan fingerprint density at radius 1 is 1.31 bits per heavy atom. The van der Waals surface area contributed by atoms with Crippen LogP contribution in [0, 0.1) is 11.3 Å². The highest BCUT2D eigenvalue weighted by Crippen LogP contribution is 2.42. The number of hydrogen-bond donors (Lipinski definition) is 1. The predicted octanol–water partition coefficient (Wildman–Crippen LogP) is 3.71. The molecular weight excluding hydrogens is 431 g/mol. The highest BCUT2D eigenvalue weighted by Gasteiger charge is 2.37. The minimum Gasteiger partial charge on any atom is -0.359 e. The van der Waals surface area contributed by atoms with Crippen LogP contribution in [0.4, 0.5) is 18.9 Å². The number of rotatable bonds is 2. The van der Waals surface area contributed by atoms with E-state index < -0.39 is 27.5 Å². The average Bonchev–Trinajstić information content (AvgIpc) is 3.22. The number of nitrogens with zero attached hydrogens (tertiary/aromatic N) is 4. The van der Waals surface area contributed by atoms with Crippen molar-refractivity contribution < 1.29 is 21.6 Å². The monoisotopic (exact) mass is 441 g/mol. The van der Waals surface area contributed by atoms with Gasteiger partial charge in [0.05, 0.1) is 28.2 Å². The maximum absolute atomic E-state index is 13.5. The van der Waals surface area contributed by atoms with Crippen molar-refractivity contribution in [2.45, 2.75) is 12.6 Å². The molecule has 3 heterocycles. The highest BCUT2D eigenvalue weighted by molar-refractivity contribution is 7.93. The van der Waals surface area contributed by atoms with Gasteiger partial charge in [-0.05, 0) is 24.1 Å². The number of alkyl halides is 3. The smallest absolute Gasteiger partial charge is 0.359 e. The van der Waals surface area contributed by atoms with Gasteiger partial charge in [-0.15, -0.1) is 0 Å². The van der Waals surface area contributed by atoms with E-state index in [0.29, 0.717) is 12.6 Å². The zero-order valence-electron chi connectivity index (χ0n) is 14.5. The van der Waals surface area contributed by atoms with Gasteiger partial charge in [-0.1, -0.05) is 6.07 Å². The van der Waals surface area contributed by atoms with Crippen LogP contribution in [0.2, 0.25) is 5.28 Å². The molecule has 0 atom stereocenters. The van der Waals surface area contributed by atoms with E-state index in [9.17, 15) is 26.9 Å². The second-order valence-corrected chi connectivity index (χ2v) is 8.69. The van der Waals surface area contributed by atoms with Crippen LogP contribution in [0.25, 0.3) is 22.2 Å². The topological polar surface area (TPSA) is 103 Å². The molecule has 12 heteroatoms.